The average Bonchev–Trinajstić information content (AvgIpc) is 2.96. The molecule has 0 saturated carbocycles. The lowest BCUT2D eigenvalue weighted by Gasteiger charge is -2.44. The maximum absolute atomic E-state index is 12.3. The monoisotopic (exact) mass is 301 g/mol. The van der Waals surface area contributed by atoms with Crippen LogP contribution in [0.15, 0.2) is 23.7 Å². The van der Waals surface area contributed by atoms with Gasteiger partial charge in [-0.05, 0) is 49.5 Å². The summed E-state index contributed by atoms with van der Waals surface area (Å²) < 4.78 is 1.18. The Morgan fingerprint density at radius 2 is 2.24 bits per heavy atom. The highest BCUT2D eigenvalue weighted by Crippen LogP contribution is 2.27. The van der Waals surface area contributed by atoms with E-state index >= 15 is 0 Å². The molecule has 1 atom stereocenters. The number of hydrogen-bond donors (Lipinski definition) is 1. The molecule has 0 radical (unpaired) electrons. The molecular weight excluding hydrogens is 282 g/mol. The van der Waals surface area contributed by atoms with Gasteiger partial charge in [-0.25, -0.2) is 4.98 Å². The molecule has 5 heteroatoms. The minimum Gasteiger partial charge on any atom is -0.352 e. The van der Waals surface area contributed by atoms with E-state index in [1.54, 1.807) is 11.3 Å². The summed E-state index contributed by atoms with van der Waals surface area (Å²) in [7, 11) is 0. The number of thiazole rings is 1. The smallest absolute Gasteiger partial charge is 0.224 e. The van der Waals surface area contributed by atoms with E-state index in [1.165, 1.54) is 30.6 Å². The molecule has 1 aromatic heterocycles. The third kappa shape index (κ3) is 2.68. The van der Waals surface area contributed by atoms with Crippen LogP contribution < -0.4 is 5.32 Å². The van der Waals surface area contributed by atoms with Gasteiger partial charge in [0.25, 0.3) is 0 Å². The van der Waals surface area contributed by atoms with Crippen molar-refractivity contribution >= 4 is 27.5 Å². The summed E-state index contributed by atoms with van der Waals surface area (Å²) in [6, 6.07) is 6.48. The standard InChI is InChI=1S/C16H19N3OS/c20-16(18-14-9-19-5-3-12(14)4-6-19)8-11-1-2-15-13(7-11)17-10-21-15/h1-2,7,10,12,14H,3-6,8-9H2,(H,18,20). The Kier molecular flexibility index (Phi) is 3.39. The Hall–Kier alpha value is -1.46. The number of aromatic nitrogens is 1. The molecule has 3 aliphatic rings. The molecule has 1 aromatic carbocycles. The van der Waals surface area contributed by atoms with Crippen molar-refractivity contribution in [1.29, 1.82) is 0 Å². The average molecular weight is 301 g/mol. The largest absolute Gasteiger partial charge is 0.352 e. The normalized spacial score (nSPS) is 27.9. The van der Waals surface area contributed by atoms with Crippen LogP contribution in [0.5, 0.6) is 0 Å². The SMILES string of the molecule is O=C(Cc1ccc2scnc2c1)NC1CN2CCC1CC2. The molecule has 4 nitrogen and oxygen atoms in total. The summed E-state index contributed by atoms with van der Waals surface area (Å²) in [6.45, 7) is 3.44. The second-order valence-corrected chi connectivity index (χ2v) is 7.03. The van der Waals surface area contributed by atoms with E-state index in [1.807, 2.05) is 17.6 Å². The number of nitrogens with zero attached hydrogens (tertiary/aromatic N) is 2. The number of benzene rings is 1. The fourth-order valence-electron chi connectivity index (χ4n) is 3.59. The number of rotatable bonds is 3. The van der Waals surface area contributed by atoms with Gasteiger partial charge < -0.3 is 10.2 Å². The van der Waals surface area contributed by atoms with Crippen LogP contribution in [0.25, 0.3) is 10.2 Å². The van der Waals surface area contributed by atoms with Crippen LogP contribution in [-0.4, -0.2) is 41.5 Å². The number of nitrogens with one attached hydrogen (secondary N) is 1. The summed E-state index contributed by atoms with van der Waals surface area (Å²) in [5.74, 6) is 0.823. The van der Waals surface area contributed by atoms with Crippen LogP contribution >= 0.6 is 11.3 Å². The van der Waals surface area contributed by atoms with E-state index < -0.39 is 0 Å². The van der Waals surface area contributed by atoms with Crippen LogP contribution in [0.3, 0.4) is 0 Å². The van der Waals surface area contributed by atoms with Gasteiger partial charge in [0.15, 0.2) is 0 Å². The van der Waals surface area contributed by atoms with Gasteiger partial charge in [0, 0.05) is 12.6 Å². The molecule has 4 heterocycles. The Labute approximate surface area is 128 Å². The summed E-state index contributed by atoms with van der Waals surface area (Å²) in [5, 5.41) is 3.24. The molecular formula is C16H19N3OS. The number of carbonyl (C=O) groups is 1. The molecule has 0 spiro atoms. The van der Waals surface area contributed by atoms with Crippen molar-refractivity contribution in [3.05, 3.63) is 29.3 Å². The molecule has 2 aromatic rings. The number of amides is 1. The van der Waals surface area contributed by atoms with Gasteiger partial charge in [0.2, 0.25) is 5.91 Å². The highest BCUT2D eigenvalue weighted by molar-refractivity contribution is 7.16. The lowest BCUT2D eigenvalue weighted by molar-refractivity contribution is -0.122. The van der Waals surface area contributed by atoms with Gasteiger partial charge in [0.05, 0.1) is 22.1 Å². The number of hydrogen-bond acceptors (Lipinski definition) is 4. The number of carbonyl (C=O) groups excluding carboxylic acids is 1. The number of piperidine rings is 3. The van der Waals surface area contributed by atoms with Crippen molar-refractivity contribution < 1.29 is 4.79 Å². The highest BCUT2D eigenvalue weighted by Gasteiger charge is 2.34. The van der Waals surface area contributed by atoms with Gasteiger partial charge in [0.1, 0.15) is 0 Å². The Bertz CT molecular complexity index is 660. The Morgan fingerprint density at radius 3 is 3.00 bits per heavy atom. The maximum atomic E-state index is 12.3. The zero-order chi connectivity index (χ0) is 14.2. The molecule has 5 rings (SSSR count). The molecule has 2 bridgehead atoms. The first-order valence-corrected chi connectivity index (χ1v) is 8.50. The van der Waals surface area contributed by atoms with Gasteiger partial charge in [-0.1, -0.05) is 6.07 Å². The zero-order valence-electron chi connectivity index (χ0n) is 11.9. The zero-order valence-corrected chi connectivity index (χ0v) is 12.7. The first-order chi connectivity index (χ1) is 10.3. The van der Waals surface area contributed by atoms with Crippen molar-refractivity contribution in [2.24, 2.45) is 5.92 Å². The molecule has 3 aliphatic heterocycles. The van der Waals surface area contributed by atoms with Gasteiger partial charge >= 0.3 is 0 Å². The van der Waals surface area contributed by atoms with E-state index in [-0.39, 0.29) is 5.91 Å². The summed E-state index contributed by atoms with van der Waals surface area (Å²) in [4.78, 5) is 19.1. The molecule has 110 valence electrons. The topological polar surface area (TPSA) is 45.2 Å². The lowest BCUT2D eigenvalue weighted by Crippen LogP contribution is -2.57. The van der Waals surface area contributed by atoms with Crippen LogP contribution in [0.2, 0.25) is 0 Å². The van der Waals surface area contributed by atoms with Crippen molar-refractivity contribution in [3.8, 4) is 0 Å². The second-order valence-electron chi connectivity index (χ2n) is 6.14. The van der Waals surface area contributed by atoms with E-state index in [0.717, 1.165) is 17.6 Å². The van der Waals surface area contributed by atoms with Crippen molar-refractivity contribution in [3.63, 3.8) is 0 Å². The summed E-state index contributed by atoms with van der Waals surface area (Å²) in [6.07, 6.45) is 2.92. The minimum absolute atomic E-state index is 0.142. The Morgan fingerprint density at radius 1 is 1.38 bits per heavy atom. The van der Waals surface area contributed by atoms with E-state index in [4.69, 9.17) is 0 Å². The predicted octanol–water partition coefficient (Wildman–Crippen LogP) is 2.05. The summed E-state index contributed by atoms with van der Waals surface area (Å²) >= 11 is 1.63. The van der Waals surface area contributed by atoms with Crippen LogP contribution in [0.1, 0.15) is 18.4 Å². The maximum Gasteiger partial charge on any atom is 0.224 e. The second kappa shape index (κ2) is 5.39. The lowest BCUT2D eigenvalue weighted by atomic mass is 9.84. The van der Waals surface area contributed by atoms with Crippen LogP contribution in [0, 0.1) is 5.92 Å². The molecule has 1 N–H and O–H groups in total. The fourth-order valence-corrected chi connectivity index (χ4v) is 4.24. The molecule has 0 aliphatic carbocycles. The molecule has 1 amide bonds. The van der Waals surface area contributed by atoms with Crippen molar-refractivity contribution in [2.45, 2.75) is 25.3 Å². The highest BCUT2D eigenvalue weighted by atomic mass is 32.1. The van der Waals surface area contributed by atoms with Crippen molar-refractivity contribution in [2.75, 3.05) is 19.6 Å². The minimum atomic E-state index is 0.142. The van der Waals surface area contributed by atoms with Gasteiger partial charge in [-0.3, -0.25) is 4.79 Å². The van der Waals surface area contributed by atoms with Gasteiger partial charge in [-0.2, -0.15) is 0 Å². The number of fused-ring (bicyclic) bond motifs is 4. The van der Waals surface area contributed by atoms with Crippen LogP contribution in [0.4, 0.5) is 0 Å². The predicted molar refractivity (Wildman–Crippen MR) is 84.4 cm³/mol. The molecule has 3 fully saturated rings. The molecule has 3 saturated heterocycles. The summed E-state index contributed by atoms with van der Waals surface area (Å²) in [5.41, 5.74) is 3.89. The third-order valence-corrected chi connectivity index (χ3v) is 5.57. The fraction of sp³-hybridized carbons (Fsp3) is 0.500. The quantitative estimate of drug-likeness (QED) is 0.944. The third-order valence-electron chi connectivity index (χ3n) is 4.76. The first-order valence-electron chi connectivity index (χ1n) is 7.62. The van der Waals surface area contributed by atoms with E-state index in [0.29, 0.717) is 18.4 Å². The Balaban J connectivity index is 1.41. The van der Waals surface area contributed by atoms with Crippen molar-refractivity contribution in [1.82, 2.24) is 15.2 Å². The van der Waals surface area contributed by atoms with E-state index in [2.05, 4.69) is 21.3 Å². The van der Waals surface area contributed by atoms with E-state index in [9.17, 15) is 4.79 Å². The molecule has 21 heavy (non-hydrogen) atoms. The first kappa shape index (κ1) is 13.2. The van der Waals surface area contributed by atoms with Crippen LogP contribution in [-0.2, 0) is 11.2 Å². The van der Waals surface area contributed by atoms with Gasteiger partial charge in [-0.15, -0.1) is 11.3 Å². The molecule has 1 unspecified atom stereocenters.